The van der Waals surface area contributed by atoms with Crippen LogP contribution in [-0.2, 0) is 9.53 Å². The molecule has 1 N–H and O–H groups in total. The third-order valence-electron chi connectivity index (χ3n) is 2.54. The summed E-state index contributed by atoms with van der Waals surface area (Å²) in [7, 11) is 1.54. The summed E-state index contributed by atoms with van der Waals surface area (Å²) in [6, 6.07) is 5.53. The number of halogens is 1. The molecule has 4 heteroatoms. The summed E-state index contributed by atoms with van der Waals surface area (Å²) in [6.07, 6.45) is 0.225. The maximum absolute atomic E-state index is 12.7. The van der Waals surface area contributed by atoms with Crippen molar-refractivity contribution in [3.8, 4) is 0 Å². The summed E-state index contributed by atoms with van der Waals surface area (Å²) in [4.78, 5) is 11.1. The zero-order chi connectivity index (χ0) is 12.1. The highest BCUT2D eigenvalue weighted by Gasteiger charge is 2.22. The van der Waals surface area contributed by atoms with Crippen molar-refractivity contribution in [1.29, 1.82) is 0 Å². The van der Waals surface area contributed by atoms with E-state index >= 15 is 0 Å². The van der Waals surface area contributed by atoms with Gasteiger partial charge < -0.3 is 9.84 Å². The predicted octanol–water partition coefficient (Wildman–Crippen LogP) is 2.42. The Labute approximate surface area is 93.9 Å². The van der Waals surface area contributed by atoms with E-state index in [1.807, 2.05) is 0 Å². The second kappa shape index (κ2) is 5.61. The number of hydrogen-bond donors (Lipinski definition) is 1. The van der Waals surface area contributed by atoms with Crippen LogP contribution in [0.3, 0.4) is 0 Å². The average Bonchev–Trinajstić information content (AvgIpc) is 2.26. The minimum absolute atomic E-state index is 0.147. The number of aliphatic carboxylic acids is 1. The number of carboxylic acids is 1. The van der Waals surface area contributed by atoms with E-state index in [9.17, 15) is 9.18 Å². The van der Waals surface area contributed by atoms with E-state index in [1.54, 1.807) is 6.92 Å². The summed E-state index contributed by atoms with van der Waals surface area (Å²) >= 11 is 0. The van der Waals surface area contributed by atoms with Gasteiger partial charge in [-0.25, -0.2) is 4.39 Å². The maximum atomic E-state index is 12.7. The third-order valence-corrected chi connectivity index (χ3v) is 2.54. The first-order valence-electron chi connectivity index (χ1n) is 5.05. The zero-order valence-corrected chi connectivity index (χ0v) is 9.31. The number of carbonyl (C=O) groups is 1. The fraction of sp³-hybridized carbons (Fsp3) is 0.417. The van der Waals surface area contributed by atoms with Crippen LogP contribution in [0.1, 0.15) is 24.8 Å². The van der Waals surface area contributed by atoms with E-state index < -0.39 is 11.9 Å². The molecule has 0 aromatic heterocycles. The molecule has 0 amide bonds. The largest absolute Gasteiger partial charge is 0.481 e. The lowest BCUT2D eigenvalue weighted by molar-refractivity contribution is -0.139. The minimum atomic E-state index is -0.921. The van der Waals surface area contributed by atoms with Crippen molar-refractivity contribution >= 4 is 5.97 Å². The van der Waals surface area contributed by atoms with Gasteiger partial charge in [0.2, 0.25) is 0 Å². The van der Waals surface area contributed by atoms with E-state index in [1.165, 1.54) is 31.4 Å². The first-order chi connectivity index (χ1) is 7.54. The molecule has 16 heavy (non-hydrogen) atoms. The Morgan fingerprint density at radius 3 is 2.44 bits per heavy atom. The number of methoxy groups -OCH3 is 1. The van der Waals surface area contributed by atoms with Crippen molar-refractivity contribution in [1.82, 2.24) is 0 Å². The number of carboxylic acid groups (broad SMARTS) is 1. The highest BCUT2D eigenvalue weighted by molar-refractivity contribution is 5.76. The van der Waals surface area contributed by atoms with Gasteiger partial charge >= 0.3 is 5.97 Å². The Bertz CT molecular complexity index is 348. The number of hydrogen-bond acceptors (Lipinski definition) is 2. The predicted molar refractivity (Wildman–Crippen MR) is 57.9 cm³/mol. The molecule has 88 valence electrons. The monoisotopic (exact) mass is 226 g/mol. The lowest BCUT2D eigenvalue weighted by Crippen LogP contribution is -2.18. The summed E-state index contributed by atoms with van der Waals surface area (Å²) in [5, 5.41) is 9.09. The van der Waals surface area contributed by atoms with Crippen molar-refractivity contribution < 1.29 is 19.0 Å². The summed E-state index contributed by atoms with van der Waals surface area (Å²) < 4.78 is 17.7. The summed E-state index contributed by atoms with van der Waals surface area (Å²) in [5.41, 5.74) is 0.595. The molecule has 1 rings (SSSR count). The molecule has 0 aliphatic carbocycles. The van der Waals surface area contributed by atoms with Crippen molar-refractivity contribution in [3.63, 3.8) is 0 Å². The minimum Gasteiger partial charge on any atom is -0.481 e. The molecular weight excluding hydrogens is 211 g/mol. The molecule has 0 radical (unpaired) electrons. The van der Waals surface area contributed by atoms with Gasteiger partial charge in [-0.1, -0.05) is 12.1 Å². The number of benzene rings is 1. The Morgan fingerprint density at radius 2 is 2.00 bits per heavy atom. The quantitative estimate of drug-likeness (QED) is 0.838. The second-order valence-electron chi connectivity index (χ2n) is 3.72. The lowest BCUT2D eigenvalue weighted by atomic mass is 9.93. The van der Waals surface area contributed by atoms with Gasteiger partial charge in [0.15, 0.2) is 0 Å². The zero-order valence-electron chi connectivity index (χ0n) is 9.31. The molecule has 3 nitrogen and oxygen atoms in total. The molecule has 0 saturated heterocycles. The van der Waals surface area contributed by atoms with Gasteiger partial charge in [0.1, 0.15) is 5.82 Å². The standard InChI is InChI=1S/C12H15FO3/c1-8(16-2)7-11(12(14)15)9-3-5-10(13)6-4-9/h3-6,8,11H,7H2,1-2H3,(H,14,15). The van der Waals surface area contributed by atoms with Gasteiger partial charge in [-0.15, -0.1) is 0 Å². The fourth-order valence-electron chi connectivity index (χ4n) is 1.50. The van der Waals surface area contributed by atoms with Crippen LogP contribution >= 0.6 is 0 Å². The lowest BCUT2D eigenvalue weighted by Gasteiger charge is -2.16. The van der Waals surface area contributed by atoms with Crippen molar-refractivity contribution in [2.45, 2.75) is 25.4 Å². The fourth-order valence-corrected chi connectivity index (χ4v) is 1.50. The van der Waals surface area contributed by atoms with Crippen molar-refractivity contribution in [2.24, 2.45) is 0 Å². The maximum Gasteiger partial charge on any atom is 0.311 e. The van der Waals surface area contributed by atoms with Crippen LogP contribution in [0, 0.1) is 5.82 Å². The Kier molecular flexibility index (Phi) is 4.43. The molecular formula is C12H15FO3. The SMILES string of the molecule is COC(C)CC(C(=O)O)c1ccc(F)cc1. The average molecular weight is 226 g/mol. The highest BCUT2D eigenvalue weighted by atomic mass is 19.1. The van der Waals surface area contributed by atoms with Crippen LogP contribution < -0.4 is 0 Å². The molecule has 0 aliphatic heterocycles. The normalized spacial score (nSPS) is 14.4. The van der Waals surface area contributed by atoms with Gasteiger partial charge in [-0.05, 0) is 31.0 Å². The second-order valence-corrected chi connectivity index (χ2v) is 3.72. The molecule has 0 fully saturated rings. The van der Waals surface area contributed by atoms with Crippen molar-refractivity contribution in [2.75, 3.05) is 7.11 Å². The molecule has 0 aliphatic rings. The Hall–Kier alpha value is -1.42. The van der Waals surface area contributed by atoms with Crippen LogP contribution in [0.25, 0.3) is 0 Å². The molecule has 0 saturated carbocycles. The van der Waals surface area contributed by atoms with Crippen LogP contribution in [0.4, 0.5) is 4.39 Å². The van der Waals surface area contributed by atoms with Crippen molar-refractivity contribution in [3.05, 3.63) is 35.6 Å². The summed E-state index contributed by atoms with van der Waals surface area (Å²) in [5.74, 6) is -1.95. The highest BCUT2D eigenvalue weighted by Crippen LogP contribution is 2.22. The molecule has 2 atom stereocenters. The third kappa shape index (κ3) is 3.31. The first-order valence-corrected chi connectivity index (χ1v) is 5.05. The molecule has 1 aromatic carbocycles. The topological polar surface area (TPSA) is 46.5 Å². The van der Waals surface area contributed by atoms with Gasteiger partial charge in [0, 0.05) is 7.11 Å². The number of rotatable bonds is 5. The van der Waals surface area contributed by atoms with Crippen LogP contribution in [-0.4, -0.2) is 24.3 Å². The van der Waals surface area contributed by atoms with E-state index in [0.717, 1.165) is 0 Å². The van der Waals surface area contributed by atoms with Crippen LogP contribution in [0.15, 0.2) is 24.3 Å². The van der Waals surface area contributed by atoms with E-state index in [0.29, 0.717) is 12.0 Å². The Balaban J connectivity index is 2.85. The Morgan fingerprint density at radius 1 is 1.44 bits per heavy atom. The van der Waals surface area contributed by atoms with E-state index in [-0.39, 0.29) is 11.9 Å². The van der Waals surface area contributed by atoms with Crippen LogP contribution in [0.2, 0.25) is 0 Å². The molecule has 0 bridgehead atoms. The molecule has 0 spiro atoms. The van der Waals surface area contributed by atoms with Gasteiger partial charge in [-0.2, -0.15) is 0 Å². The van der Waals surface area contributed by atoms with E-state index in [4.69, 9.17) is 9.84 Å². The smallest absolute Gasteiger partial charge is 0.311 e. The van der Waals surface area contributed by atoms with Crippen LogP contribution in [0.5, 0.6) is 0 Å². The van der Waals surface area contributed by atoms with Gasteiger partial charge in [0.25, 0.3) is 0 Å². The molecule has 2 unspecified atom stereocenters. The summed E-state index contributed by atoms with van der Waals surface area (Å²) in [6.45, 7) is 1.81. The van der Waals surface area contributed by atoms with Gasteiger partial charge in [-0.3, -0.25) is 4.79 Å². The van der Waals surface area contributed by atoms with Gasteiger partial charge in [0.05, 0.1) is 12.0 Å². The van der Waals surface area contributed by atoms with E-state index in [2.05, 4.69) is 0 Å². The molecule has 1 aromatic rings. The number of ether oxygens (including phenoxy) is 1. The molecule has 0 heterocycles. The first kappa shape index (κ1) is 12.6.